The maximum atomic E-state index is 13.3. The molecule has 0 bridgehead atoms. The predicted molar refractivity (Wildman–Crippen MR) is 116 cm³/mol. The molecule has 1 aromatic carbocycles. The molecular weight excluding hydrogens is 368 g/mol. The lowest BCUT2D eigenvalue weighted by molar-refractivity contribution is 0.0787. The van der Waals surface area contributed by atoms with E-state index in [1.165, 1.54) is 4.90 Å². The van der Waals surface area contributed by atoms with E-state index in [1.54, 1.807) is 22.9 Å². The van der Waals surface area contributed by atoms with Crippen LogP contribution in [-0.4, -0.2) is 38.9 Å². The average Bonchev–Trinajstić information content (AvgIpc) is 3.11. The van der Waals surface area contributed by atoms with Crippen LogP contribution in [0.1, 0.15) is 61.3 Å². The molecule has 0 saturated carbocycles. The number of fused-ring (bicyclic) bond motifs is 1. The first-order valence-corrected chi connectivity index (χ1v) is 10.8. The predicted octanol–water partition coefficient (Wildman–Crippen LogP) is 5.13. The van der Waals surface area contributed by atoms with Crippen molar-refractivity contribution < 1.29 is 4.79 Å². The van der Waals surface area contributed by atoms with Gasteiger partial charge in [-0.15, -0.1) is 11.8 Å². The first-order chi connectivity index (χ1) is 13.3. The summed E-state index contributed by atoms with van der Waals surface area (Å²) in [7, 11) is 1.85. The van der Waals surface area contributed by atoms with Gasteiger partial charge in [0.1, 0.15) is 0 Å². The molecule has 6 heteroatoms. The van der Waals surface area contributed by atoms with Crippen molar-refractivity contribution in [2.45, 2.75) is 51.1 Å². The highest BCUT2D eigenvalue weighted by Crippen LogP contribution is 2.25. The molecule has 0 spiro atoms. The Balaban J connectivity index is 1.97. The Labute approximate surface area is 171 Å². The van der Waals surface area contributed by atoms with Gasteiger partial charge in [0, 0.05) is 30.2 Å². The molecule has 148 valence electrons. The summed E-state index contributed by atoms with van der Waals surface area (Å²) < 4.78 is 1.89. The SMILES string of the molecule is CSc1ccc(CN(C)C(=O)c2cc(C(C)C)nc3c2cnn3C(C)C)cc1. The molecule has 3 rings (SSSR count). The van der Waals surface area contributed by atoms with Gasteiger partial charge in [-0.3, -0.25) is 4.79 Å². The van der Waals surface area contributed by atoms with Gasteiger partial charge in [-0.1, -0.05) is 26.0 Å². The Kier molecular flexibility index (Phi) is 6.08. The molecule has 1 amide bonds. The third-order valence-electron chi connectivity index (χ3n) is 4.82. The Morgan fingerprint density at radius 3 is 2.43 bits per heavy atom. The summed E-state index contributed by atoms with van der Waals surface area (Å²) in [6, 6.07) is 10.4. The fourth-order valence-electron chi connectivity index (χ4n) is 3.17. The second-order valence-corrected chi connectivity index (χ2v) is 8.56. The van der Waals surface area contributed by atoms with Crippen LogP contribution in [0.25, 0.3) is 11.0 Å². The van der Waals surface area contributed by atoms with Crippen molar-refractivity contribution in [1.29, 1.82) is 0 Å². The Morgan fingerprint density at radius 2 is 1.86 bits per heavy atom. The number of hydrogen-bond acceptors (Lipinski definition) is 4. The second-order valence-electron chi connectivity index (χ2n) is 7.68. The minimum atomic E-state index is -0.00782. The van der Waals surface area contributed by atoms with Crippen molar-refractivity contribution in [3.05, 3.63) is 53.3 Å². The summed E-state index contributed by atoms with van der Waals surface area (Å²) in [5, 5.41) is 5.29. The number of nitrogens with zero attached hydrogens (tertiary/aromatic N) is 4. The topological polar surface area (TPSA) is 51.0 Å². The first-order valence-electron chi connectivity index (χ1n) is 9.58. The minimum absolute atomic E-state index is 0.00782. The van der Waals surface area contributed by atoms with E-state index in [-0.39, 0.29) is 17.9 Å². The van der Waals surface area contributed by atoms with Gasteiger partial charge in [0.05, 0.1) is 17.1 Å². The van der Waals surface area contributed by atoms with Crippen LogP contribution < -0.4 is 0 Å². The van der Waals surface area contributed by atoms with Gasteiger partial charge in [0.25, 0.3) is 5.91 Å². The molecule has 0 aliphatic rings. The standard InChI is InChI=1S/C22H28N4OS/c1-14(2)20-11-18(19-12-23-26(15(3)4)21(19)24-20)22(27)25(5)13-16-7-9-17(28-6)10-8-16/h7-12,14-15H,13H2,1-6H3. The molecule has 0 unspecified atom stereocenters. The van der Waals surface area contributed by atoms with Crippen LogP contribution in [-0.2, 0) is 6.54 Å². The van der Waals surface area contributed by atoms with Gasteiger partial charge in [0.2, 0.25) is 0 Å². The summed E-state index contributed by atoms with van der Waals surface area (Å²) in [6.07, 6.45) is 3.82. The molecule has 5 nitrogen and oxygen atoms in total. The van der Waals surface area contributed by atoms with E-state index in [1.807, 2.05) is 17.8 Å². The molecule has 0 radical (unpaired) electrons. The molecule has 0 aliphatic carbocycles. The molecule has 0 saturated heterocycles. The number of amides is 1. The Hall–Kier alpha value is -2.34. The van der Waals surface area contributed by atoms with Crippen molar-refractivity contribution in [3.63, 3.8) is 0 Å². The highest BCUT2D eigenvalue weighted by molar-refractivity contribution is 7.98. The van der Waals surface area contributed by atoms with Crippen molar-refractivity contribution >= 4 is 28.7 Å². The molecular formula is C22H28N4OS. The van der Waals surface area contributed by atoms with E-state index >= 15 is 0 Å². The van der Waals surface area contributed by atoms with Gasteiger partial charge in [-0.05, 0) is 49.8 Å². The highest BCUT2D eigenvalue weighted by atomic mass is 32.2. The molecule has 0 aliphatic heterocycles. The van der Waals surface area contributed by atoms with E-state index < -0.39 is 0 Å². The summed E-state index contributed by atoms with van der Waals surface area (Å²) in [6.45, 7) is 8.89. The highest BCUT2D eigenvalue weighted by Gasteiger charge is 2.21. The van der Waals surface area contributed by atoms with E-state index in [0.717, 1.165) is 22.3 Å². The largest absolute Gasteiger partial charge is 0.337 e. The third kappa shape index (κ3) is 4.07. The summed E-state index contributed by atoms with van der Waals surface area (Å²) in [5.74, 6) is 0.224. The molecule has 2 aromatic heterocycles. The van der Waals surface area contributed by atoms with E-state index in [4.69, 9.17) is 4.98 Å². The molecule has 0 atom stereocenters. The zero-order valence-electron chi connectivity index (χ0n) is 17.4. The van der Waals surface area contributed by atoms with Crippen LogP contribution in [0.5, 0.6) is 0 Å². The quantitative estimate of drug-likeness (QED) is 0.542. The van der Waals surface area contributed by atoms with Crippen molar-refractivity contribution in [2.75, 3.05) is 13.3 Å². The lowest BCUT2D eigenvalue weighted by Crippen LogP contribution is -2.26. The zero-order valence-corrected chi connectivity index (χ0v) is 18.2. The average molecular weight is 397 g/mol. The monoisotopic (exact) mass is 396 g/mol. The number of thioether (sulfide) groups is 1. The molecule has 3 aromatic rings. The normalized spacial score (nSPS) is 11.6. The maximum Gasteiger partial charge on any atom is 0.254 e. The zero-order chi connectivity index (χ0) is 20.4. The summed E-state index contributed by atoms with van der Waals surface area (Å²) in [5.41, 5.74) is 3.47. The van der Waals surface area contributed by atoms with E-state index in [9.17, 15) is 4.79 Å². The van der Waals surface area contributed by atoms with Crippen molar-refractivity contribution in [3.8, 4) is 0 Å². The smallest absolute Gasteiger partial charge is 0.254 e. The van der Waals surface area contributed by atoms with Gasteiger partial charge >= 0.3 is 0 Å². The lowest BCUT2D eigenvalue weighted by atomic mass is 10.0. The number of aromatic nitrogens is 3. The molecule has 2 heterocycles. The number of rotatable bonds is 6. The number of pyridine rings is 1. The van der Waals surface area contributed by atoms with Crippen LogP contribution in [0, 0.1) is 0 Å². The Morgan fingerprint density at radius 1 is 1.18 bits per heavy atom. The molecule has 0 N–H and O–H groups in total. The van der Waals surface area contributed by atoms with Gasteiger partial charge < -0.3 is 4.90 Å². The molecule has 0 fully saturated rings. The third-order valence-corrected chi connectivity index (χ3v) is 5.57. The van der Waals surface area contributed by atoms with Crippen molar-refractivity contribution in [1.82, 2.24) is 19.7 Å². The molecule has 28 heavy (non-hydrogen) atoms. The van der Waals surface area contributed by atoms with Gasteiger partial charge in [-0.2, -0.15) is 5.10 Å². The number of carbonyl (C=O) groups is 1. The number of hydrogen-bond donors (Lipinski definition) is 0. The van der Waals surface area contributed by atoms with Crippen LogP contribution >= 0.6 is 11.8 Å². The van der Waals surface area contributed by atoms with Crippen LogP contribution in [0.3, 0.4) is 0 Å². The van der Waals surface area contributed by atoms with E-state index in [0.29, 0.717) is 12.1 Å². The fraction of sp³-hybridized carbons (Fsp3) is 0.409. The van der Waals surface area contributed by atoms with Crippen LogP contribution in [0.4, 0.5) is 0 Å². The number of benzene rings is 1. The van der Waals surface area contributed by atoms with Crippen LogP contribution in [0.15, 0.2) is 41.4 Å². The summed E-state index contributed by atoms with van der Waals surface area (Å²) in [4.78, 5) is 21.1. The van der Waals surface area contributed by atoms with Gasteiger partial charge in [0.15, 0.2) is 5.65 Å². The van der Waals surface area contributed by atoms with Gasteiger partial charge in [-0.25, -0.2) is 9.67 Å². The lowest BCUT2D eigenvalue weighted by Gasteiger charge is -2.19. The maximum absolute atomic E-state index is 13.3. The number of carbonyl (C=O) groups excluding carboxylic acids is 1. The first kappa shape index (κ1) is 20.4. The Bertz CT molecular complexity index is 976. The summed E-state index contributed by atoms with van der Waals surface area (Å²) >= 11 is 1.71. The fourth-order valence-corrected chi connectivity index (χ4v) is 3.58. The van der Waals surface area contributed by atoms with Crippen molar-refractivity contribution in [2.24, 2.45) is 0 Å². The second kappa shape index (κ2) is 8.35. The van der Waals surface area contributed by atoms with E-state index in [2.05, 4.69) is 63.3 Å². The minimum Gasteiger partial charge on any atom is -0.337 e. The van der Waals surface area contributed by atoms with Crippen LogP contribution in [0.2, 0.25) is 0 Å².